The predicted molar refractivity (Wildman–Crippen MR) is 97.8 cm³/mol. The van der Waals surface area contributed by atoms with Gasteiger partial charge in [0.15, 0.2) is 0 Å². The van der Waals surface area contributed by atoms with E-state index in [4.69, 9.17) is 9.84 Å². The van der Waals surface area contributed by atoms with Gasteiger partial charge in [0.1, 0.15) is 0 Å². The Labute approximate surface area is 147 Å². The van der Waals surface area contributed by atoms with Crippen LogP contribution in [-0.4, -0.2) is 46.3 Å². The molecule has 0 aromatic heterocycles. The van der Waals surface area contributed by atoms with E-state index < -0.39 is 11.7 Å². The van der Waals surface area contributed by atoms with E-state index in [0.29, 0.717) is 19.4 Å². The van der Waals surface area contributed by atoms with Crippen LogP contribution < -0.4 is 0 Å². The molecule has 0 bridgehead atoms. The fourth-order valence-electron chi connectivity index (χ4n) is 3.14. The lowest BCUT2D eigenvalue weighted by atomic mass is 9.87. The largest absolute Gasteiger partial charge is 0.393 e. The third kappa shape index (κ3) is 7.06. The molecule has 24 heavy (non-hydrogen) atoms. The molecule has 4 atom stereocenters. The number of rotatable bonds is 8. The van der Waals surface area contributed by atoms with Gasteiger partial charge in [-0.2, -0.15) is 0 Å². The third-order valence-electron chi connectivity index (χ3n) is 5.17. The normalized spacial score (nSPS) is 29.1. The molecule has 0 amide bonds. The van der Waals surface area contributed by atoms with Crippen molar-refractivity contribution in [2.45, 2.75) is 84.0 Å². The lowest BCUT2D eigenvalue weighted by Gasteiger charge is -2.33. The molecule has 0 saturated carbocycles. The average molecular weight is 341 g/mol. The van der Waals surface area contributed by atoms with Crippen molar-refractivity contribution in [1.82, 2.24) is 0 Å². The summed E-state index contributed by atoms with van der Waals surface area (Å²) in [5, 5.41) is 29.7. The maximum Gasteiger partial charge on any atom is 0.0916 e. The molecule has 1 aliphatic heterocycles. The molecule has 3 N–H and O–H groups in total. The van der Waals surface area contributed by atoms with Crippen LogP contribution in [0.2, 0.25) is 0 Å². The van der Waals surface area contributed by atoms with Crippen LogP contribution in [0.5, 0.6) is 0 Å². The summed E-state index contributed by atoms with van der Waals surface area (Å²) < 4.78 is 5.99. The molecule has 0 aromatic rings. The number of allylic oxidation sites excluding steroid dienone is 1. The van der Waals surface area contributed by atoms with Gasteiger partial charge in [-0.3, -0.25) is 0 Å². The Kier molecular flexibility index (Phi) is 9.21. The fourth-order valence-corrected chi connectivity index (χ4v) is 3.14. The minimum Gasteiger partial charge on any atom is -0.393 e. The second kappa shape index (κ2) is 10.3. The summed E-state index contributed by atoms with van der Waals surface area (Å²) >= 11 is 0. The Hall–Kier alpha value is -0.680. The minimum atomic E-state index is -0.546. The highest BCUT2D eigenvalue weighted by Gasteiger charge is 2.36. The van der Waals surface area contributed by atoms with E-state index >= 15 is 0 Å². The Morgan fingerprint density at radius 1 is 1.42 bits per heavy atom. The molecule has 0 radical (unpaired) electrons. The van der Waals surface area contributed by atoms with Crippen molar-refractivity contribution in [1.29, 1.82) is 0 Å². The van der Waals surface area contributed by atoms with E-state index in [1.165, 1.54) is 5.57 Å². The molecule has 1 saturated heterocycles. The summed E-state index contributed by atoms with van der Waals surface area (Å²) in [7, 11) is 0. The SMILES string of the molecule is CC(C)=CCC(O)C(C)CCCC1(C)OCC(=CCO)CC[C@H]1O. The van der Waals surface area contributed by atoms with Gasteiger partial charge in [-0.1, -0.05) is 31.1 Å². The Morgan fingerprint density at radius 2 is 2.12 bits per heavy atom. The Balaban J connectivity index is 2.47. The quantitative estimate of drug-likeness (QED) is 0.593. The van der Waals surface area contributed by atoms with Crippen LogP contribution in [-0.2, 0) is 4.74 Å². The fraction of sp³-hybridized carbons (Fsp3) is 0.800. The molecule has 0 spiro atoms. The molecule has 4 nitrogen and oxygen atoms in total. The summed E-state index contributed by atoms with van der Waals surface area (Å²) in [5.41, 5.74) is 1.75. The first-order valence-corrected chi connectivity index (χ1v) is 9.20. The van der Waals surface area contributed by atoms with Gasteiger partial charge in [-0.05, 0) is 64.4 Å². The Bertz CT molecular complexity index is 425. The zero-order valence-electron chi connectivity index (χ0n) is 15.8. The molecule has 0 aromatic carbocycles. The van der Waals surface area contributed by atoms with Crippen LogP contribution in [0.4, 0.5) is 0 Å². The first-order chi connectivity index (χ1) is 11.3. The minimum absolute atomic E-state index is 0.0204. The molecule has 1 rings (SSSR count). The summed E-state index contributed by atoms with van der Waals surface area (Å²) in [6.07, 6.45) is 7.81. The molecule has 3 unspecified atom stereocenters. The van der Waals surface area contributed by atoms with Crippen LogP contribution in [0.3, 0.4) is 0 Å². The van der Waals surface area contributed by atoms with Crippen LogP contribution in [0.1, 0.15) is 66.2 Å². The van der Waals surface area contributed by atoms with E-state index in [9.17, 15) is 10.2 Å². The molecular weight excluding hydrogens is 304 g/mol. The van der Waals surface area contributed by atoms with Crippen molar-refractivity contribution in [3.8, 4) is 0 Å². The van der Waals surface area contributed by atoms with Crippen LogP contribution in [0.25, 0.3) is 0 Å². The number of ether oxygens (including phenoxy) is 1. The van der Waals surface area contributed by atoms with Crippen molar-refractivity contribution in [2.24, 2.45) is 5.92 Å². The molecule has 0 aliphatic carbocycles. The summed E-state index contributed by atoms with van der Waals surface area (Å²) in [6.45, 7) is 8.65. The highest BCUT2D eigenvalue weighted by molar-refractivity contribution is 5.06. The molecule has 1 aliphatic rings. The van der Waals surface area contributed by atoms with Gasteiger partial charge in [0.05, 0.1) is 31.0 Å². The first kappa shape index (κ1) is 21.4. The second-order valence-corrected chi connectivity index (χ2v) is 7.65. The number of aliphatic hydroxyl groups excluding tert-OH is 3. The van der Waals surface area contributed by atoms with Gasteiger partial charge in [0.2, 0.25) is 0 Å². The zero-order valence-corrected chi connectivity index (χ0v) is 15.8. The van der Waals surface area contributed by atoms with E-state index in [1.54, 1.807) is 6.08 Å². The van der Waals surface area contributed by atoms with Crippen LogP contribution in [0.15, 0.2) is 23.3 Å². The van der Waals surface area contributed by atoms with Gasteiger partial charge in [0.25, 0.3) is 0 Å². The summed E-state index contributed by atoms with van der Waals surface area (Å²) in [6, 6.07) is 0. The lowest BCUT2D eigenvalue weighted by molar-refractivity contribution is -0.105. The second-order valence-electron chi connectivity index (χ2n) is 7.65. The van der Waals surface area contributed by atoms with Crippen LogP contribution >= 0.6 is 0 Å². The van der Waals surface area contributed by atoms with Gasteiger partial charge in [-0.15, -0.1) is 0 Å². The van der Waals surface area contributed by atoms with Crippen molar-refractivity contribution in [3.05, 3.63) is 23.3 Å². The third-order valence-corrected chi connectivity index (χ3v) is 5.17. The van der Waals surface area contributed by atoms with Crippen molar-refractivity contribution >= 4 is 0 Å². The van der Waals surface area contributed by atoms with Crippen molar-refractivity contribution in [3.63, 3.8) is 0 Å². The summed E-state index contributed by atoms with van der Waals surface area (Å²) in [4.78, 5) is 0. The molecule has 1 heterocycles. The van der Waals surface area contributed by atoms with Crippen molar-refractivity contribution in [2.75, 3.05) is 13.2 Å². The van der Waals surface area contributed by atoms with Crippen molar-refractivity contribution < 1.29 is 20.1 Å². The standard InChI is InChI=1S/C20H36O4/c1-15(2)7-9-18(22)16(3)6-5-12-20(4)19(23)10-8-17(11-13-21)14-24-20/h7,11,16,18-19,21-23H,5-6,8-10,12-14H2,1-4H3/t16?,18?,19-,20?/m1/s1. The van der Waals surface area contributed by atoms with Gasteiger partial charge in [0, 0.05) is 0 Å². The van der Waals surface area contributed by atoms with Gasteiger partial charge in [-0.25, -0.2) is 0 Å². The molecule has 140 valence electrons. The lowest BCUT2D eigenvalue weighted by Crippen LogP contribution is -2.41. The molecule has 4 heteroatoms. The van der Waals surface area contributed by atoms with Gasteiger partial charge < -0.3 is 20.1 Å². The monoisotopic (exact) mass is 340 g/mol. The smallest absolute Gasteiger partial charge is 0.0916 e. The van der Waals surface area contributed by atoms with E-state index in [1.807, 2.05) is 20.8 Å². The molecule has 1 fully saturated rings. The van der Waals surface area contributed by atoms with E-state index in [0.717, 1.165) is 31.3 Å². The maximum absolute atomic E-state index is 10.4. The maximum atomic E-state index is 10.4. The van der Waals surface area contributed by atoms with E-state index in [-0.39, 0.29) is 18.6 Å². The highest BCUT2D eigenvalue weighted by atomic mass is 16.5. The van der Waals surface area contributed by atoms with Gasteiger partial charge >= 0.3 is 0 Å². The topological polar surface area (TPSA) is 69.9 Å². The predicted octanol–water partition coefficient (Wildman–Crippen LogP) is 3.36. The zero-order chi connectivity index (χ0) is 18.2. The van der Waals surface area contributed by atoms with Crippen LogP contribution in [0, 0.1) is 5.92 Å². The number of aliphatic hydroxyl groups is 3. The summed E-state index contributed by atoms with van der Waals surface area (Å²) in [5.74, 6) is 0.233. The average Bonchev–Trinajstić information content (AvgIpc) is 2.66. The molecular formula is C20H36O4. The Morgan fingerprint density at radius 3 is 2.75 bits per heavy atom. The number of hydrogen-bond acceptors (Lipinski definition) is 4. The number of hydrogen-bond donors (Lipinski definition) is 3. The highest BCUT2D eigenvalue weighted by Crippen LogP contribution is 2.32. The first-order valence-electron chi connectivity index (χ1n) is 9.20. The van der Waals surface area contributed by atoms with E-state index in [2.05, 4.69) is 13.0 Å².